The van der Waals surface area contributed by atoms with Crippen molar-refractivity contribution < 1.29 is 4.79 Å². The van der Waals surface area contributed by atoms with E-state index in [9.17, 15) is 4.79 Å². The lowest BCUT2D eigenvalue weighted by Crippen LogP contribution is -2.27. The third kappa shape index (κ3) is 3.86. The summed E-state index contributed by atoms with van der Waals surface area (Å²) in [5.41, 5.74) is 2.49. The molecule has 134 valence electrons. The Kier molecular flexibility index (Phi) is 5.53. The van der Waals surface area contributed by atoms with Crippen LogP contribution in [0.5, 0.6) is 0 Å². The molecule has 0 bridgehead atoms. The van der Waals surface area contributed by atoms with Crippen LogP contribution < -0.4 is 5.32 Å². The van der Waals surface area contributed by atoms with E-state index in [1.807, 2.05) is 61.5 Å². The zero-order chi connectivity index (χ0) is 18.5. The highest BCUT2D eigenvalue weighted by molar-refractivity contribution is 6.46. The zero-order valence-electron chi connectivity index (χ0n) is 15.0. The fourth-order valence-electron chi connectivity index (χ4n) is 3.07. The summed E-state index contributed by atoms with van der Waals surface area (Å²) in [6.45, 7) is 1.27. The molecule has 1 aliphatic rings. The molecule has 3 rings (SSSR count). The van der Waals surface area contributed by atoms with Gasteiger partial charge in [-0.2, -0.15) is 0 Å². The van der Waals surface area contributed by atoms with Crippen molar-refractivity contribution in [2.45, 2.75) is 6.04 Å². The third-order valence-corrected chi connectivity index (χ3v) is 4.42. The van der Waals surface area contributed by atoms with Crippen molar-refractivity contribution in [3.05, 3.63) is 66.0 Å². The second-order valence-corrected chi connectivity index (χ2v) is 6.57. The number of amides is 1. The van der Waals surface area contributed by atoms with E-state index in [1.54, 1.807) is 12.4 Å². The Morgan fingerprint density at radius 3 is 2.65 bits per heavy atom. The molecule has 2 heterocycles. The van der Waals surface area contributed by atoms with E-state index >= 15 is 0 Å². The number of rotatable bonds is 6. The smallest absolute Gasteiger partial charge is 0.266 e. The normalized spacial score (nSPS) is 21.2. The fourth-order valence-corrected chi connectivity index (χ4v) is 3.07. The molecule has 6 nitrogen and oxygen atoms in total. The number of likely N-dealkylation sites (N-methyl/N-ethyl adjacent to an activating group) is 1. The van der Waals surface area contributed by atoms with Crippen LogP contribution in [0.3, 0.4) is 0 Å². The SMILES string of the molecule is CN(C)CCN=C1C(=O)NC(c2cccnc2)C1C(=N)c1ccccc1. The lowest BCUT2D eigenvalue weighted by molar-refractivity contribution is -0.114. The van der Waals surface area contributed by atoms with E-state index in [2.05, 4.69) is 15.3 Å². The standard InChI is InChI=1S/C20H23N5O/c1-25(2)12-11-23-19-16(17(21)14-7-4-3-5-8-14)18(24-20(19)26)15-9-6-10-22-13-15/h3-10,13,16,18,21H,11-12H2,1-2H3,(H,24,26). The van der Waals surface area contributed by atoms with Crippen LogP contribution in [0.2, 0.25) is 0 Å². The predicted molar refractivity (Wildman–Crippen MR) is 103 cm³/mol. The van der Waals surface area contributed by atoms with Crippen LogP contribution in [-0.4, -0.2) is 54.4 Å². The molecule has 1 aromatic heterocycles. The monoisotopic (exact) mass is 349 g/mol. The summed E-state index contributed by atoms with van der Waals surface area (Å²) < 4.78 is 0. The van der Waals surface area contributed by atoms with Gasteiger partial charge in [-0.15, -0.1) is 0 Å². The molecule has 1 aromatic carbocycles. The third-order valence-electron chi connectivity index (χ3n) is 4.42. The highest BCUT2D eigenvalue weighted by Gasteiger charge is 2.42. The average Bonchev–Trinajstić information content (AvgIpc) is 2.99. The predicted octanol–water partition coefficient (Wildman–Crippen LogP) is 1.94. The van der Waals surface area contributed by atoms with Crippen molar-refractivity contribution in [1.82, 2.24) is 15.2 Å². The van der Waals surface area contributed by atoms with Crippen molar-refractivity contribution in [2.75, 3.05) is 27.2 Å². The average molecular weight is 349 g/mol. The van der Waals surface area contributed by atoms with Crippen LogP contribution in [0, 0.1) is 11.3 Å². The van der Waals surface area contributed by atoms with Crippen molar-refractivity contribution in [1.29, 1.82) is 5.41 Å². The van der Waals surface area contributed by atoms with Crippen molar-refractivity contribution >= 4 is 17.3 Å². The van der Waals surface area contributed by atoms with Gasteiger partial charge in [0.1, 0.15) is 5.71 Å². The molecule has 1 aliphatic heterocycles. The van der Waals surface area contributed by atoms with Gasteiger partial charge >= 0.3 is 0 Å². The second-order valence-electron chi connectivity index (χ2n) is 6.57. The minimum absolute atomic E-state index is 0.205. The minimum Gasteiger partial charge on any atom is -0.343 e. The minimum atomic E-state index is -0.434. The Morgan fingerprint density at radius 1 is 1.23 bits per heavy atom. The maximum Gasteiger partial charge on any atom is 0.266 e. The lowest BCUT2D eigenvalue weighted by Gasteiger charge is -2.20. The van der Waals surface area contributed by atoms with Gasteiger partial charge in [0.25, 0.3) is 5.91 Å². The summed E-state index contributed by atoms with van der Waals surface area (Å²) in [6.07, 6.45) is 3.43. The molecule has 2 N–H and O–H groups in total. The van der Waals surface area contributed by atoms with E-state index in [0.29, 0.717) is 18.0 Å². The van der Waals surface area contributed by atoms with E-state index in [0.717, 1.165) is 17.7 Å². The molecule has 0 radical (unpaired) electrons. The first-order chi connectivity index (χ1) is 12.6. The van der Waals surface area contributed by atoms with Gasteiger partial charge in [-0.05, 0) is 31.3 Å². The zero-order valence-corrected chi connectivity index (χ0v) is 15.0. The molecular weight excluding hydrogens is 326 g/mol. The quantitative estimate of drug-likeness (QED) is 0.782. The van der Waals surface area contributed by atoms with Gasteiger partial charge in [-0.25, -0.2) is 0 Å². The number of benzene rings is 1. The molecule has 1 fully saturated rings. The van der Waals surface area contributed by atoms with E-state index in [4.69, 9.17) is 5.41 Å². The number of carbonyl (C=O) groups is 1. The van der Waals surface area contributed by atoms with E-state index in [1.165, 1.54) is 0 Å². The number of nitrogens with one attached hydrogen (secondary N) is 2. The van der Waals surface area contributed by atoms with Crippen LogP contribution in [0.15, 0.2) is 59.9 Å². The van der Waals surface area contributed by atoms with Crippen LogP contribution in [0.1, 0.15) is 17.2 Å². The summed E-state index contributed by atoms with van der Waals surface area (Å²) in [5.74, 6) is -0.639. The fraction of sp³-hybridized carbons (Fsp3) is 0.300. The number of pyridine rings is 1. The molecule has 1 amide bonds. The van der Waals surface area contributed by atoms with Gasteiger partial charge in [0, 0.05) is 18.9 Å². The first-order valence-electron chi connectivity index (χ1n) is 8.61. The topological polar surface area (TPSA) is 81.4 Å². The molecule has 2 atom stereocenters. The number of aliphatic imine (C=N–C) groups is 1. The second kappa shape index (κ2) is 8.01. The molecule has 2 unspecified atom stereocenters. The molecule has 1 saturated heterocycles. The molecule has 0 aliphatic carbocycles. The largest absolute Gasteiger partial charge is 0.343 e. The summed E-state index contributed by atoms with van der Waals surface area (Å²) in [6, 6.07) is 12.9. The Hall–Kier alpha value is -2.86. The number of carbonyl (C=O) groups excluding carboxylic acids is 1. The number of aromatic nitrogens is 1. The Labute approximate surface area is 153 Å². The van der Waals surface area contributed by atoms with Crippen LogP contribution >= 0.6 is 0 Å². The van der Waals surface area contributed by atoms with Crippen LogP contribution in [0.4, 0.5) is 0 Å². The van der Waals surface area contributed by atoms with E-state index < -0.39 is 5.92 Å². The van der Waals surface area contributed by atoms with Crippen LogP contribution in [0.25, 0.3) is 0 Å². The Morgan fingerprint density at radius 2 is 2.00 bits per heavy atom. The number of hydrogen-bond donors (Lipinski definition) is 2. The molecule has 0 spiro atoms. The summed E-state index contributed by atoms with van der Waals surface area (Å²) in [5, 5.41) is 11.7. The first kappa shape index (κ1) is 17.9. The van der Waals surface area contributed by atoms with Gasteiger partial charge in [-0.1, -0.05) is 36.4 Å². The van der Waals surface area contributed by atoms with E-state index in [-0.39, 0.29) is 11.9 Å². The summed E-state index contributed by atoms with van der Waals surface area (Å²) >= 11 is 0. The van der Waals surface area contributed by atoms with Gasteiger partial charge in [0.15, 0.2) is 0 Å². The maximum atomic E-state index is 12.6. The Balaban J connectivity index is 1.97. The first-order valence-corrected chi connectivity index (χ1v) is 8.61. The molecular formula is C20H23N5O. The molecule has 26 heavy (non-hydrogen) atoms. The van der Waals surface area contributed by atoms with Crippen molar-refractivity contribution in [2.24, 2.45) is 10.9 Å². The highest BCUT2D eigenvalue weighted by Crippen LogP contribution is 2.31. The Bertz CT molecular complexity index is 801. The molecule has 6 heteroatoms. The molecule has 2 aromatic rings. The van der Waals surface area contributed by atoms with Crippen molar-refractivity contribution in [3.63, 3.8) is 0 Å². The maximum absolute atomic E-state index is 12.6. The summed E-state index contributed by atoms with van der Waals surface area (Å²) in [7, 11) is 3.94. The number of hydrogen-bond acceptors (Lipinski definition) is 5. The summed E-state index contributed by atoms with van der Waals surface area (Å²) in [4.78, 5) is 23.3. The van der Waals surface area contributed by atoms with Gasteiger partial charge in [0.05, 0.1) is 24.2 Å². The van der Waals surface area contributed by atoms with Crippen LogP contribution in [-0.2, 0) is 4.79 Å². The van der Waals surface area contributed by atoms with Crippen molar-refractivity contribution in [3.8, 4) is 0 Å². The van der Waals surface area contributed by atoms with Gasteiger partial charge in [0.2, 0.25) is 0 Å². The number of nitrogens with zero attached hydrogens (tertiary/aromatic N) is 3. The van der Waals surface area contributed by atoms with Gasteiger partial charge in [-0.3, -0.25) is 14.8 Å². The molecule has 0 saturated carbocycles. The van der Waals surface area contributed by atoms with Gasteiger partial charge < -0.3 is 15.6 Å². The highest BCUT2D eigenvalue weighted by atomic mass is 16.2. The lowest BCUT2D eigenvalue weighted by atomic mass is 9.86.